The van der Waals surface area contributed by atoms with E-state index in [9.17, 15) is 19.5 Å². The lowest BCUT2D eigenvalue weighted by Gasteiger charge is -2.20. The molecule has 1 atom stereocenters. The maximum absolute atomic E-state index is 12.7. The van der Waals surface area contributed by atoms with Crippen molar-refractivity contribution in [3.8, 4) is 5.75 Å². The van der Waals surface area contributed by atoms with Crippen molar-refractivity contribution in [1.82, 2.24) is 10.3 Å². The van der Waals surface area contributed by atoms with E-state index in [2.05, 4.69) is 10.3 Å². The summed E-state index contributed by atoms with van der Waals surface area (Å²) in [5.41, 5.74) is 1.80. The molecule has 170 valence electrons. The van der Waals surface area contributed by atoms with E-state index in [1.54, 1.807) is 19.2 Å². The number of carbonyl (C=O) groups is 2. The highest BCUT2D eigenvalue weighted by Gasteiger charge is 2.20. The van der Waals surface area contributed by atoms with Gasteiger partial charge in [-0.3, -0.25) is 4.79 Å². The van der Waals surface area contributed by atoms with Crippen molar-refractivity contribution in [1.29, 1.82) is 0 Å². The zero-order valence-electron chi connectivity index (χ0n) is 17.9. The number of hydrogen-bond acceptors (Lipinski definition) is 6. The first-order chi connectivity index (χ1) is 15.8. The first-order valence-electron chi connectivity index (χ1n) is 10.1. The minimum Gasteiger partial charge on any atom is -0.548 e. The summed E-state index contributed by atoms with van der Waals surface area (Å²) in [5, 5.41) is 15.9. The summed E-state index contributed by atoms with van der Waals surface area (Å²) in [6.45, 7) is 1.67. The number of hydrogen-bond donors (Lipinski definition) is 2. The van der Waals surface area contributed by atoms with Gasteiger partial charge in [0.25, 0.3) is 0 Å². The van der Waals surface area contributed by atoms with E-state index in [-0.39, 0.29) is 24.0 Å². The van der Waals surface area contributed by atoms with Crippen LogP contribution in [0.4, 0.5) is 0 Å². The van der Waals surface area contributed by atoms with Gasteiger partial charge < -0.3 is 29.4 Å². The van der Waals surface area contributed by atoms with Gasteiger partial charge in [-0.2, -0.15) is 0 Å². The number of para-hydroxylation sites is 1. The number of benzene rings is 2. The summed E-state index contributed by atoms with van der Waals surface area (Å²) in [6, 6.07) is 9.26. The Morgan fingerprint density at radius 2 is 2.00 bits per heavy atom. The summed E-state index contributed by atoms with van der Waals surface area (Å²) in [6.07, 6.45) is 1.37. The molecule has 0 saturated carbocycles. The van der Waals surface area contributed by atoms with Crippen molar-refractivity contribution in [2.24, 2.45) is 0 Å². The van der Waals surface area contributed by atoms with Crippen LogP contribution in [0.15, 0.2) is 51.8 Å². The van der Waals surface area contributed by atoms with Gasteiger partial charge in [0.05, 0.1) is 36.1 Å². The van der Waals surface area contributed by atoms with Crippen molar-refractivity contribution in [2.75, 3.05) is 7.11 Å². The molecule has 1 amide bonds. The van der Waals surface area contributed by atoms with Gasteiger partial charge in [-0.1, -0.05) is 29.8 Å². The number of aromatic amines is 1. The number of carboxylic acid groups (broad SMARTS) is 1. The Bertz CT molecular complexity index is 1440. The zero-order chi connectivity index (χ0) is 23.7. The Hall–Kier alpha value is -3.78. The van der Waals surface area contributed by atoms with Crippen LogP contribution in [0.3, 0.4) is 0 Å². The number of aryl methyl sites for hydroxylation is 1. The van der Waals surface area contributed by atoms with Crippen LogP contribution in [0, 0.1) is 6.92 Å². The maximum Gasteiger partial charge on any atom is 0.340 e. The number of carbonyl (C=O) groups excluding carboxylic acids is 2. The van der Waals surface area contributed by atoms with Gasteiger partial charge >= 0.3 is 5.63 Å². The first-order valence-corrected chi connectivity index (χ1v) is 10.5. The molecule has 0 aliphatic carbocycles. The third kappa shape index (κ3) is 4.42. The van der Waals surface area contributed by atoms with E-state index < -0.39 is 23.5 Å². The second kappa shape index (κ2) is 8.99. The minimum atomic E-state index is -1.42. The van der Waals surface area contributed by atoms with E-state index in [0.717, 1.165) is 16.5 Å². The standard InChI is InChI=1S/C24H21ClN2O6/c1-12-15-8-17(25)21(32-2)10-20(15)33-24(31)16(12)9-22(28)27-19(23(29)30)7-13-11-26-18-6-4-3-5-14(13)18/h3-6,8,10-11,19,26H,7,9H2,1-2H3,(H,27,28)(H,29,30)/p-1/t19-/m0/s1. The molecule has 2 N–H and O–H groups in total. The number of ether oxygens (including phenoxy) is 1. The van der Waals surface area contributed by atoms with Crippen LogP contribution >= 0.6 is 11.6 Å². The lowest BCUT2D eigenvalue weighted by Crippen LogP contribution is -2.49. The molecule has 4 aromatic rings. The van der Waals surface area contributed by atoms with E-state index >= 15 is 0 Å². The first kappa shape index (κ1) is 22.4. The molecule has 2 aromatic heterocycles. The summed E-state index contributed by atoms with van der Waals surface area (Å²) >= 11 is 6.19. The van der Waals surface area contributed by atoms with Gasteiger partial charge in [-0.05, 0) is 30.2 Å². The van der Waals surface area contributed by atoms with Gasteiger partial charge in [-0.25, -0.2) is 4.79 Å². The van der Waals surface area contributed by atoms with E-state index in [1.807, 2.05) is 24.3 Å². The second-order valence-electron chi connectivity index (χ2n) is 7.66. The van der Waals surface area contributed by atoms with Crippen molar-refractivity contribution in [3.63, 3.8) is 0 Å². The van der Waals surface area contributed by atoms with Crippen molar-refractivity contribution in [2.45, 2.75) is 25.8 Å². The Morgan fingerprint density at radius 1 is 1.24 bits per heavy atom. The Balaban J connectivity index is 1.57. The Morgan fingerprint density at radius 3 is 2.73 bits per heavy atom. The fourth-order valence-electron chi connectivity index (χ4n) is 3.87. The predicted octanol–water partition coefficient (Wildman–Crippen LogP) is 2.26. The fraction of sp³-hybridized carbons (Fsp3) is 0.208. The topological polar surface area (TPSA) is 124 Å². The summed E-state index contributed by atoms with van der Waals surface area (Å²) < 4.78 is 10.5. The summed E-state index contributed by atoms with van der Waals surface area (Å²) in [5.74, 6) is -1.71. The number of halogens is 1. The number of rotatable bonds is 7. The summed E-state index contributed by atoms with van der Waals surface area (Å²) in [4.78, 5) is 40.0. The molecule has 0 aliphatic rings. The molecule has 2 aromatic carbocycles. The molecule has 0 bridgehead atoms. The monoisotopic (exact) mass is 467 g/mol. The molecule has 33 heavy (non-hydrogen) atoms. The molecular formula is C24H20ClN2O6-. The van der Waals surface area contributed by atoms with Crippen LogP contribution in [0.5, 0.6) is 5.75 Å². The Kier molecular flexibility index (Phi) is 6.11. The van der Waals surface area contributed by atoms with Crippen molar-refractivity contribution >= 4 is 45.3 Å². The highest BCUT2D eigenvalue weighted by atomic mass is 35.5. The summed E-state index contributed by atoms with van der Waals surface area (Å²) in [7, 11) is 1.45. The quantitative estimate of drug-likeness (QED) is 0.402. The van der Waals surface area contributed by atoms with Crippen LogP contribution in [-0.4, -0.2) is 30.0 Å². The highest BCUT2D eigenvalue weighted by molar-refractivity contribution is 6.32. The molecule has 2 heterocycles. The Labute approximate surface area is 193 Å². The van der Waals surface area contributed by atoms with Crippen LogP contribution < -0.4 is 20.8 Å². The molecule has 0 saturated heterocycles. The SMILES string of the molecule is COc1cc2oc(=O)c(CC(=O)N[C@@H](Cc3c[nH]c4ccccc34)C(=O)[O-])c(C)c2cc1Cl. The highest BCUT2D eigenvalue weighted by Crippen LogP contribution is 2.31. The zero-order valence-corrected chi connectivity index (χ0v) is 18.6. The third-order valence-electron chi connectivity index (χ3n) is 5.62. The maximum atomic E-state index is 12.7. The lowest BCUT2D eigenvalue weighted by atomic mass is 10.0. The van der Waals surface area contributed by atoms with Gasteiger partial charge in [0.2, 0.25) is 5.91 Å². The van der Waals surface area contributed by atoms with E-state index in [4.69, 9.17) is 20.8 Å². The van der Waals surface area contributed by atoms with Gasteiger partial charge in [0.15, 0.2) is 0 Å². The molecule has 4 rings (SSSR count). The molecule has 9 heteroatoms. The van der Waals surface area contributed by atoms with Crippen molar-refractivity contribution in [3.05, 3.63) is 74.7 Å². The van der Waals surface area contributed by atoms with Crippen molar-refractivity contribution < 1.29 is 23.8 Å². The molecule has 0 radical (unpaired) electrons. The number of methoxy groups -OCH3 is 1. The van der Waals surface area contributed by atoms with Crippen LogP contribution in [0.25, 0.3) is 21.9 Å². The predicted molar refractivity (Wildman–Crippen MR) is 121 cm³/mol. The average molecular weight is 468 g/mol. The molecule has 0 fully saturated rings. The molecule has 0 unspecified atom stereocenters. The third-order valence-corrected chi connectivity index (χ3v) is 5.91. The van der Waals surface area contributed by atoms with Crippen LogP contribution in [-0.2, 0) is 22.4 Å². The number of aromatic nitrogens is 1. The number of H-pyrrole nitrogens is 1. The normalized spacial score (nSPS) is 12.1. The molecular weight excluding hydrogens is 448 g/mol. The number of amides is 1. The van der Waals surface area contributed by atoms with Gasteiger partial charge in [0, 0.05) is 35.0 Å². The van der Waals surface area contributed by atoms with Gasteiger partial charge in [-0.15, -0.1) is 0 Å². The van der Waals surface area contributed by atoms with E-state index in [0.29, 0.717) is 21.7 Å². The minimum absolute atomic E-state index is 0.0266. The van der Waals surface area contributed by atoms with E-state index in [1.165, 1.54) is 13.2 Å². The van der Waals surface area contributed by atoms with Gasteiger partial charge in [0.1, 0.15) is 11.3 Å². The second-order valence-corrected chi connectivity index (χ2v) is 8.06. The molecule has 8 nitrogen and oxygen atoms in total. The molecule has 0 spiro atoms. The van der Waals surface area contributed by atoms with Crippen LogP contribution in [0.2, 0.25) is 5.02 Å². The number of fused-ring (bicyclic) bond motifs is 2. The number of nitrogens with one attached hydrogen (secondary N) is 2. The average Bonchev–Trinajstić information content (AvgIpc) is 3.19. The number of carboxylic acids is 1. The number of aliphatic carboxylic acids is 1. The van der Waals surface area contributed by atoms with Crippen LogP contribution in [0.1, 0.15) is 16.7 Å². The smallest absolute Gasteiger partial charge is 0.340 e. The largest absolute Gasteiger partial charge is 0.548 e. The fourth-order valence-corrected chi connectivity index (χ4v) is 4.11. The molecule has 0 aliphatic heterocycles. The lowest BCUT2D eigenvalue weighted by molar-refractivity contribution is -0.308.